The monoisotopic (exact) mass is 371 g/mol. The Kier molecular flexibility index (Phi) is 4.29. The van der Waals surface area contributed by atoms with Crippen LogP contribution < -0.4 is 14.8 Å². The maximum absolute atomic E-state index is 11.5. The summed E-state index contributed by atoms with van der Waals surface area (Å²) in [5.41, 5.74) is -0.511. The molecule has 1 amide bonds. The second kappa shape index (κ2) is 6.08. The maximum atomic E-state index is 11.5. The van der Waals surface area contributed by atoms with Gasteiger partial charge in [0.25, 0.3) is 5.91 Å². The molecule has 0 aromatic heterocycles. The zero-order valence-electron chi connectivity index (χ0n) is 14.0. The minimum absolute atomic E-state index is 0.278. The summed E-state index contributed by atoms with van der Waals surface area (Å²) in [6.07, 6.45) is 1.46. The van der Waals surface area contributed by atoms with Crippen LogP contribution in [-0.2, 0) is 4.79 Å². The van der Waals surface area contributed by atoms with Crippen molar-refractivity contribution in [2.75, 3.05) is 7.11 Å². The van der Waals surface area contributed by atoms with Crippen molar-refractivity contribution in [3.05, 3.63) is 5.56 Å². The molecule has 144 valence electrons. The number of aromatic hydroxyl groups is 3. The van der Waals surface area contributed by atoms with Crippen molar-refractivity contribution in [3.63, 3.8) is 0 Å². The fraction of sp³-hybridized carbons (Fsp3) is 0.562. The van der Waals surface area contributed by atoms with E-state index >= 15 is 0 Å². The molecular formula is C16H21NO9. The van der Waals surface area contributed by atoms with Gasteiger partial charge in [-0.2, -0.15) is 0 Å². The van der Waals surface area contributed by atoms with Gasteiger partial charge in [-0.1, -0.05) is 0 Å². The number of rotatable bonds is 4. The molecule has 10 heteroatoms. The van der Waals surface area contributed by atoms with Crippen LogP contribution in [0, 0.1) is 0 Å². The molecule has 1 atom stereocenters. The predicted octanol–water partition coefficient (Wildman–Crippen LogP) is -0.305. The highest BCUT2D eigenvalue weighted by Gasteiger charge is 2.49. The molecule has 2 fully saturated rings. The lowest BCUT2D eigenvalue weighted by atomic mass is 9.92. The molecule has 1 aromatic rings. The third-order valence-electron chi connectivity index (χ3n) is 4.80. The van der Waals surface area contributed by atoms with Gasteiger partial charge in [0.2, 0.25) is 28.9 Å². The number of methoxy groups -OCH3 is 1. The van der Waals surface area contributed by atoms with Crippen molar-refractivity contribution in [1.29, 1.82) is 0 Å². The normalized spacial score (nSPS) is 23.7. The standard InChI is InChI=1S/C16H21NO9/c1-25-13-12(21)10(19)9(7-6-8(18)17-16(7,23)24)11(20)14(13)26-15(22)4-2-3-5-15/h7,19-24H,2-6H2,1H3,(H,17,18). The number of carbonyl (C=O) groups is 1. The summed E-state index contributed by atoms with van der Waals surface area (Å²) in [5.74, 6) is -9.96. The fourth-order valence-electron chi connectivity index (χ4n) is 3.49. The van der Waals surface area contributed by atoms with E-state index in [1.807, 2.05) is 5.32 Å². The number of phenolic OH excluding ortho intramolecular Hbond substituents is 3. The zero-order chi connectivity index (χ0) is 19.3. The summed E-state index contributed by atoms with van der Waals surface area (Å²) in [7, 11) is 1.15. The number of aliphatic hydroxyl groups is 3. The molecule has 26 heavy (non-hydrogen) atoms. The first-order valence-corrected chi connectivity index (χ1v) is 8.11. The first-order chi connectivity index (χ1) is 12.1. The van der Waals surface area contributed by atoms with E-state index < -0.39 is 64.3 Å². The lowest BCUT2D eigenvalue weighted by Gasteiger charge is -2.29. The van der Waals surface area contributed by atoms with Crippen molar-refractivity contribution >= 4 is 5.91 Å². The van der Waals surface area contributed by atoms with Crippen LogP contribution in [0.15, 0.2) is 0 Å². The highest BCUT2D eigenvalue weighted by atomic mass is 16.6. The Morgan fingerprint density at radius 3 is 2.12 bits per heavy atom. The second-order valence-corrected chi connectivity index (χ2v) is 6.61. The Balaban J connectivity index is 2.15. The Bertz CT molecular complexity index is 740. The van der Waals surface area contributed by atoms with Gasteiger partial charge in [-0.3, -0.25) is 4.79 Å². The summed E-state index contributed by atoms with van der Waals surface area (Å²) >= 11 is 0. The molecule has 1 saturated carbocycles. The molecule has 0 radical (unpaired) electrons. The molecule has 1 aliphatic heterocycles. The van der Waals surface area contributed by atoms with Crippen molar-refractivity contribution in [3.8, 4) is 28.7 Å². The first kappa shape index (κ1) is 18.4. The van der Waals surface area contributed by atoms with E-state index in [4.69, 9.17) is 9.47 Å². The second-order valence-electron chi connectivity index (χ2n) is 6.61. The zero-order valence-corrected chi connectivity index (χ0v) is 14.0. The lowest BCUT2D eigenvalue weighted by molar-refractivity contribution is -0.185. The van der Waals surface area contributed by atoms with E-state index in [-0.39, 0.29) is 12.8 Å². The van der Waals surface area contributed by atoms with E-state index in [2.05, 4.69) is 0 Å². The predicted molar refractivity (Wildman–Crippen MR) is 84.7 cm³/mol. The summed E-state index contributed by atoms with van der Waals surface area (Å²) < 4.78 is 10.5. The number of nitrogens with one attached hydrogen (secondary N) is 1. The van der Waals surface area contributed by atoms with Crippen LogP contribution in [0.25, 0.3) is 0 Å². The number of ether oxygens (including phenoxy) is 2. The van der Waals surface area contributed by atoms with Crippen LogP contribution in [0.1, 0.15) is 43.6 Å². The number of hydrogen-bond acceptors (Lipinski definition) is 9. The molecule has 10 nitrogen and oxygen atoms in total. The molecule has 1 aliphatic carbocycles. The van der Waals surface area contributed by atoms with Crippen LogP contribution in [-0.4, -0.2) is 55.4 Å². The van der Waals surface area contributed by atoms with Crippen molar-refractivity contribution in [1.82, 2.24) is 5.32 Å². The van der Waals surface area contributed by atoms with E-state index in [0.29, 0.717) is 12.8 Å². The minimum atomic E-state index is -2.76. The van der Waals surface area contributed by atoms with Gasteiger partial charge in [-0.05, 0) is 12.8 Å². The molecule has 2 aliphatic rings. The van der Waals surface area contributed by atoms with Crippen LogP contribution in [0.2, 0.25) is 0 Å². The van der Waals surface area contributed by atoms with Gasteiger partial charge in [-0.25, -0.2) is 0 Å². The third kappa shape index (κ3) is 2.85. The van der Waals surface area contributed by atoms with Crippen LogP contribution in [0.5, 0.6) is 28.7 Å². The van der Waals surface area contributed by atoms with E-state index in [1.165, 1.54) is 0 Å². The van der Waals surface area contributed by atoms with Crippen LogP contribution in [0.4, 0.5) is 0 Å². The number of benzene rings is 1. The highest BCUT2D eigenvalue weighted by Crippen LogP contribution is 2.57. The van der Waals surface area contributed by atoms with Crippen LogP contribution >= 0.6 is 0 Å². The smallest absolute Gasteiger partial charge is 0.254 e. The van der Waals surface area contributed by atoms with Crippen LogP contribution in [0.3, 0.4) is 0 Å². The summed E-state index contributed by atoms with van der Waals surface area (Å²) in [6.45, 7) is 0. The summed E-state index contributed by atoms with van der Waals surface area (Å²) in [5, 5.41) is 63.4. The van der Waals surface area contributed by atoms with Gasteiger partial charge < -0.3 is 45.4 Å². The minimum Gasteiger partial charge on any atom is -0.504 e. The maximum Gasteiger partial charge on any atom is 0.254 e. The van der Waals surface area contributed by atoms with E-state index in [0.717, 1.165) is 7.11 Å². The van der Waals surface area contributed by atoms with Gasteiger partial charge in [0, 0.05) is 19.3 Å². The van der Waals surface area contributed by atoms with Crippen molar-refractivity contribution < 1.29 is 44.9 Å². The van der Waals surface area contributed by atoms with Gasteiger partial charge in [-0.15, -0.1) is 0 Å². The molecule has 1 unspecified atom stereocenters. The highest BCUT2D eigenvalue weighted by molar-refractivity contribution is 5.82. The summed E-state index contributed by atoms with van der Waals surface area (Å²) in [4.78, 5) is 11.5. The Labute approximate surface area is 148 Å². The number of carbonyl (C=O) groups excluding carboxylic acids is 1. The number of amides is 1. The average molecular weight is 371 g/mol. The van der Waals surface area contributed by atoms with Gasteiger partial charge in [0.1, 0.15) is 0 Å². The quantitative estimate of drug-likeness (QED) is 0.213. The summed E-state index contributed by atoms with van der Waals surface area (Å²) in [6, 6.07) is 0. The lowest BCUT2D eigenvalue weighted by Crippen LogP contribution is -2.44. The molecule has 1 aromatic carbocycles. The molecule has 3 rings (SSSR count). The van der Waals surface area contributed by atoms with Gasteiger partial charge in [0.05, 0.1) is 18.6 Å². The number of phenols is 3. The first-order valence-electron chi connectivity index (χ1n) is 8.11. The van der Waals surface area contributed by atoms with Gasteiger partial charge in [0.15, 0.2) is 11.5 Å². The SMILES string of the molecule is COc1c(O)c(O)c(C2CC(=O)NC2(O)O)c(O)c1OC1(O)CCCC1. The Morgan fingerprint density at radius 1 is 1.00 bits per heavy atom. The Hall–Kier alpha value is -2.43. The van der Waals surface area contributed by atoms with Crippen molar-refractivity contribution in [2.24, 2.45) is 0 Å². The van der Waals surface area contributed by atoms with E-state index in [9.17, 15) is 35.4 Å². The molecule has 1 heterocycles. The molecular weight excluding hydrogens is 350 g/mol. The van der Waals surface area contributed by atoms with E-state index in [1.54, 1.807) is 0 Å². The fourth-order valence-corrected chi connectivity index (χ4v) is 3.49. The van der Waals surface area contributed by atoms with Crippen molar-refractivity contribution in [2.45, 2.75) is 49.7 Å². The molecule has 0 spiro atoms. The Morgan fingerprint density at radius 2 is 1.62 bits per heavy atom. The topological polar surface area (TPSA) is 169 Å². The molecule has 0 bridgehead atoms. The van der Waals surface area contributed by atoms with Gasteiger partial charge >= 0.3 is 0 Å². The number of hydrogen-bond donors (Lipinski definition) is 7. The average Bonchev–Trinajstić information content (AvgIpc) is 3.09. The molecule has 7 N–H and O–H groups in total. The molecule has 1 saturated heterocycles. The third-order valence-corrected chi connectivity index (χ3v) is 4.80. The largest absolute Gasteiger partial charge is 0.504 e.